The molecule has 0 radical (unpaired) electrons. The van der Waals surface area contributed by atoms with E-state index in [2.05, 4.69) is 26.1 Å². The maximum absolute atomic E-state index is 13.5. The number of nitrogens with zero attached hydrogens (tertiary/aromatic N) is 1. The molecule has 1 aromatic carbocycles. The lowest BCUT2D eigenvalue weighted by atomic mass is 10.1. The summed E-state index contributed by atoms with van der Waals surface area (Å²) in [7, 11) is 0. The Bertz CT molecular complexity index is 636. The van der Waals surface area contributed by atoms with Crippen LogP contribution in [0.3, 0.4) is 0 Å². The van der Waals surface area contributed by atoms with Gasteiger partial charge in [-0.2, -0.15) is 5.10 Å². The number of aryl methyl sites for hydroxylation is 2. The molecule has 6 heteroatoms. The summed E-state index contributed by atoms with van der Waals surface area (Å²) in [5, 5.41) is 6.97. The van der Waals surface area contributed by atoms with Crippen molar-refractivity contribution in [3.8, 4) is 0 Å². The van der Waals surface area contributed by atoms with E-state index in [0.717, 1.165) is 21.4 Å². The van der Waals surface area contributed by atoms with Crippen molar-refractivity contribution in [1.82, 2.24) is 10.2 Å². The van der Waals surface area contributed by atoms with Gasteiger partial charge in [-0.1, -0.05) is 15.9 Å². The highest BCUT2D eigenvalue weighted by Crippen LogP contribution is 2.16. The highest BCUT2D eigenvalue weighted by atomic mass is 79.9. The van der Waals surface area contributed by atoms with Gasteiger partial charge in [-0.05, 0) is 37.6 Å². The number of aromatic nitrogens is 2. The molecule has 0 aliphatic rings. The predicted molar refractivity (Wildman–Crippen MR) is 80.5 cm³/mol. The largest absolute Gasteiger partial charge is 0.465 e. The number of hydrogen-bond acceptors (Lipinski definition) is 3. The molecule has 2 rings (SSSR count). The number of benzene rings is 1. The maximum atomic E-state index is 13.5. The molecule has 0 amide bonds. The zero-order valence-electron chi connectivity index (χ0n) is 11.9. The summed E-state index contributed by atoms with van der Waals surface area (Å²) >= 11 is 3.25. The Hall–Kier alpha value is -1.69. The molecule has 0 spiro atoms. The van der Waals surface area contributed by atoms with Crippen LogP contribution >= 0.6 is 15.9 Å². The molecule has 0 fully saturated rings. The Labute approximate surface area is 130 Å². The lowest BCUT2D eigenvalue weighted by Crippen LogP contribution is -2.12. The molecule has 1 N–H and O–H groups in total. The number of aromatic amines is 1. The van der Waals surface area contributed by atoms with E-state index in [1.165, 1.54) is 6.07 Å². The third kappa shape index (κ3) is 4.14. The second-order valence-electron chi connectivity index (χ2n) is 4.80. The fourth-order valence-electron chi connectivity index (χ4n) is 2.09. The van der Waals surface area contributed by atoms with Crippen LogP contribution in [0.15, 0.2) is 22.7 Å². The van der Waals surface area contributed by atoms with Crippen LogP contribution in [-0.2, 0) is 22.4 Å². The van der Waals surface area contributed by atoms with Gasteiger partial charge in [-0.25, -0.2) is 4.39 Å². The summed E-state index contributed by atoms with van der Waals surface area (Å²) < 4.78 is 19.4. The zero-order chi connectivity index (χ0) is 15.4. The van der Waals surface area contributed by atoms with Crippen molar-refractivity contribution >= 4 is 21.9 Å². The van der Waals surface area contributed by atoms with Crippen LogP contribution in [0.4, 0.5) is 4.39 Å². The molecule has 4 nitrogen and oxygen atoms in total. The monoisotopic (exact) mass is 354 g/mol. The van der Waals surface area contributed by atoms with Crippen molar-refractivity contribution in [2.75, 3.05) is 6.61 Å². The third-order valence-electron chi connectivity index (χ3n) is 3.24. The molecular weight excluding hydrogens is 339 g/mol. The van der Waals surface area contributed by atoms with Gasteiger partial charge >= 0.3 is 5.97 Å². The topological polar surface area (TPSA) is 55.0 Å². The first-order valence-corrected chi connectivity index (χ1v) is 7.36. The predicted octanol–water partition coefficient (Wildman–Crippen LogP) is 3.26. The van der Waals surface area contributed by atoms with Crippen molar-refractivity contribution in [3.05, 3.63) is 51.0 Å². The van der Waals surface area contributed by atoms with Gasteiger partial charge in [0, 0.05) is 22.2 Å². The minimum atomic E-state index is -0.439. The van der Waals surface area contributed by atoms with Gasteiger partial charge in [0.15, 0.2) is 0 Å². The van der Waals surface area contributed by atoms with E-state index in [1.54, 1.807) is 12.1 Å². The molecule has 21 heavy (non-hydrogen) atoms. The molecule has 1 aromatic heterocycles. The van der Waals surface area contributed by atoms with Crippen LogP contribution < -0.4 is 0 Å². The lowest BCUT2D eigenvalue weighted by Gasteiger charge is -2.06. The van der Waals surface area contributed by atoms with E-state index >= 15 is 0 Å². The number of nitrogens with one attached hydrogen (secondary N) is 1. The standard InChI is InChI=1S/C15H16BrFN2O2/c1-9-13(10(2)19-18-9)5-6-21-15(20)8-11-7-12(16)3-4-14(11)17/h3-4,7H,5-6,8H2,1-2H3,(H,18,19). The first kappa shape index (κ1) is 15.7. The molecule has 0 saturated heterocycles. The van der Waals surface area contributed by atoms with E-state index < -0.39 is 11.8 Å². The summed E-state index contributed by atoms with van der Waals surface area (Å²) in [5.74, 6) is -0.845. The van der Waals surface area contributed by atoms with E-state index in [-0.39, 0.29) is 13.0 Å². The van der Waals surface area contributed by atoms with Gasteiger partial charge in [0.2, 0.25) is 0 Å². The van der Waals surface area contributed by atoms with Crippen LogP contribution in [0, 0.1) is 19.7 Å². The summed E-state index contributed by atoms with van der Waals surface area (Å²) in [4.78, 5) is 11.7. The van der Waals surface area contributed by atoms with E-state index in [1.807, 2.05) is 13.8 Å². The van der Waals surface area contributed by atoms with E-state index in [9.17, 15) is 9.18 Å². The van der Waals surface area contributed by atoms with Gasteiger partial charge in [-0.15, -0.1) is 0 Å². The first-order valence-electron chi connectivity index (χ1n) is 6.57. The molecular formula is C15H16BrFN2O2. The quantitative estimate of drug-likeness (QED) is 0.838. The molecule has 2 aromatic rings. The van der Waals surface area contributed by atoms with Crippen molar-refractivity contribution in [2.24, 2.45) is 0 Å². The molecule has 1 heterocycles. The van der Waals surface area contributed by atoms with Crippen molar-refractivity contribution in [1.29, 1.82) is 0 Å². The first-order chi connectivity index (χ1) is 9.97. The van der Waals surface area contributed by atoms with Crippen LogP contribution in [0.2, 0.25) is 0 Å². The SMILES string of the molecule is Cc1n[nH]c(C)c1CCOC(=O)Cc1cc(Br)ccc1F. The van der Waals surface area contributed by atoms with Gasteiger partial charge in [0.1, 0.15) is 5.82 Å². The number of rotatable bonds is 5. The average molecular weight is 355 g/mol. The van der Waals surface area contributed by atoms with Gasteiger partial charge in [-0.3, -0.25) is 9.89 Å². The molecule has 112 valence electrons. The fraction of sp³-hybridized carbons (Fsp3) is 0.333. The summed E-state index contributed by atoms with van der Waals surface area (Å²) in [6.45, 7) is 4.08. The van der Waals surface area contributed by atoms with E-state index in [4.69, 9.17) is 4.74 Å². The van der Waals surface area contributed by atoms with E-state index in [0.29, 0.717) is 12.0 Å². The second kappa shape index (κ2) is 6.85. The smallest absolute Gasteiger partial charge is 0.310 e. The number of H-pyrrole nitrogens is 1. The lowest BCUT2D eigenvalue weighted by molar-refractivity contribution is -0.142. The number of ether oxygens (including phenoxy) is 1. The minimum absolute atomic E-state index is 0.0748. The van der Waals surface area contributed by atoms with Crippen LogP contribution in [0.1, 0.15) is 22.5 Å². The Balaban J connectivity index is 1.87. The summed E-state index contributed by atoms with van der Waals surface area (Å²) in [5.41, 5.74) is 3.25. The molecule has 0 aliphatic heterocycles. The molecule has 0 atom stereocenters. The maximum Gasteiger partial charge on any atom is 0.310 e. The Morgan fingerprint density at radius 2 is 2.19 bits per heavy atom. The summed E-state index contributed by atoms with van der Waals surface area (Å²) in [6, 6.07) is 4.50. The fourth-order valence-corrected chi connectivity index (χ4v) is 2.50. The van der Waals surface area contributed by atoms with Gasteiger partial charge in [0.05, 0.1) is 18.7 Å². The van der Waals surface area contributed by atoms with Crippen LogP contribution in [0.5, 0.6) is 0 Å². The number of carbonyl (C=O) groups is 1. The number of halogens is 2. The second-order valence-corrected chi connectivity index (χ2v) is 5.71. The number of carbonyl (C=O) groups excluding carboxylic acids is 1. The Morgan fingerprint density at radius 1 is 1.43 bits per heavy atom. The van der Waals surface area contributed by atoms with Gasteiger partial charge < -0.3 is 4.74 Å². The third-order valence-corrected chi connectivity index (χ3v) is 3.73. The van der Waals surface area contributed by atoms with Gasteiger partial charge in [0.25, 0.3) is 0 Å². The molecule has 0 unspecified atom stereocenters. The molecule has 0 aliphatic carbocycles. The van der Waals surface area contributed by atoms with Crippen molar-refractivity contribution in [3.63, 3.8) is 0 Å². The van der Waals surface area contributed by atoms with Crippen LogP contribution in [-0.4, -0.2) is 22.8 Å². The Morgan fingerprint density at radius 3 is 2.86 bits per heavy atom. The highest BCUT2D eigenvalue weighted by molar-refractivity contribution is 9.10. The molecule has 0 bridgehead atoms. The van der Waals surface area contributed by atoms with Crippen molar-refractivity contribution in [2.45, 2.75) is 26.7 Å². The number of hydrogen-bond donors (Lipinski definition) is 1. The zero-order valence-corrected chi connectivity index (χ0v) is 13.5. The minimum Gasteiger partial charge on any atom is -0.465 e. The normalized spacial score (nSPS) is 10.7. The molecule has 0 saturated carbocycles. The summed E-state index contributed by atoms with van der Waals surface area (Å²) in [6.07, 6.45) is 0.523. The van der Waals surface area contributed by atoms with Crippen molar-refractivity contribution < 1.29 is 13.9 Å². The van der Waals surface area contributed by atoms with Crippen LogP contribution in [0.25, 0.3) is 0 Å². The average Bonchev–Trinajstić information content (AvgIpc) is 2.74. The highest BCUT2D eigenvalue weighted by Gasteiger charge is 2.11. The Kier molecular flexibility index (Phi) is 5.12. The number of esters is 1.